The Bertz CT molecular complexity index is 302. The zero-order valence-electron chi connectivity index (χ0n) is 8.27. The van der Waals surface area contributed by atoms with E-state index in [0.29, 0.717) is 12.6 Å². The van der Waals surface area contributed by atoms with Crippen LogP contribution in [0.25, 0.3) is 0 Å². The third kappa shape index (κ3) is 2.10. The molecule has 0 amide bonds. The molecule has 5 heteroatoms. The Balaban J connectivity index is 2.02. The van der Waals surface area contributed by atoms with Crippen LogP contribution in [-0.4, -0.2) is 22.8 Å². The van der Waals surface area contributed by atoms with Crippen LogP contribution in [0.5, 0.6) is 0 Å². The van der Waals surface area contributed by atoms with E-state index in [2.05, 4.69) is 17.1 Å². The highest BCUT2D eigenvalue weighted by Crippen LogP contribution is 2.33. The third-order valence-corrected chi connectivity index (χ3v) is 3.42. The van der Waals surface area contributed by atoms with E-state index in [0.717, 1.165) is 29.3 Å². The molecule has 78 valence electrons. The maximum absolute atomic E-state index is 5.72. The number of nitrogens with zero attached hydrogens (tertiary/aromatic N) is 2. The first-order valence-corrected chi connectivity index (χ1v) is 5.79. The fourth-order valence-electron chi connectivity index (χ4n) is 1.61. The maximum atomic E-state index is 5.72. The number of nitrogens with two attached hydrogens (primary N) is 1. The van der Waals surface area contributed by atoms with Gasteiger partial charge in [0.25, 0.3) is 0 Å². The lowest BCUT2D eigenvalue weighted by Crippen LogP contribution is -2.01. The first-order valence-electron chi connectivity index (χ1n) is 4.97. The van der Waals surface area contributed by atoms with Crippen LogP contribution < -0.4 is 5.73 Å². The van der Waals surface area contributed by atoms with Crippen molar-refractivity contribution in [1.29, 1.82) is 0 Å². The van der Waals surface area contributed by atoms with Gasteiger partial charge in [-0.1, -0.05) is 11.3 Å². The zero-order valence-corrected chi connectivity index (χ0v) is 9.09. The molecular weight excluding hydrogens is 198 g/mol. The summed E-state index contributed by atoms with van der Waals surface area (Å²) in [6, 6.07) is 0. The summed E-state index contributed by atoms with van der Waals surface area (Å²) in [5.41, 5.74) is 5.45. The molecule has 1 fully saturated rings. The molecule has 2 unspecified atom stereocenters. The monoisotopic (exact) mass is 213 g/mol. The van der Waals surface area contributed by atoms with Gasteiger partial charge in [-0.3, -0.25) is 0 Å². The van der Waals surface area contributed by atoms with Gasteiger partial charge in [0.1, 0.15) is 16.1 Å². The van der Waals surface area contributed by atoms with Crippen LogP contribution in [0, 0.1) is 0 Å². The molecule has 0 spiro atoms. The molecule has 0 bridgehead atoms. The predicted octanol–water partition coefficient (Wildman–Crippen LogP) is 1.28. The smallest absolute Gasteiger partial charge is 0.146 e. The first kappa shape index (κ1) is 10.0. The first-order chi connectivity index (χ1) is 6.79. The molecule has 0 radical (unpaired) electrons. The summed E-state index contributed by atoms with van der Waals surface area (Å²) >= 11 is 1.63. The van der Waals surface area contributed by atoms with Crippen LogP contribution in [0.4, 0.5) is 0 Å². The van der Waals surface area contributed by atoms with Gasteiger partial charge in [0, 0.05) is 6.42 Å². The molecular formula is C9H15N3OS. The van der Waals surface area contributed by atoms with Gasteiger partial charge < -0.3 is 10.5 Å². The molecule has 1 aromatic rings. The van der Waals surface area contributed by atoms with Crippen LogP contribution in [0.2, 0.25) is 0 Å². The minimum absolute atomic E-state index is 0.175. The second kappa shape index (κ2) is 4.33. The van der Waals surface area contributed by atoms with Crippen LogP contribution in [-0.2, 0) is 11.2 Å². The summed E-state index contributed by atoms with van der Waals surface area (Å²) in [6.45, 7) is 2.73. The van der Waals surface area contributed by atoms with Crippen LogP contribution >= 0.6 is 11.3 Å². The highest BCUT2D eigenvalue weighted by Gasteiger charge is 2.26. The largest absolute Gasteiger partial charge is 0.368 e. The molecule has 2 N–H and O–H groups in total. The Kier molecular flexibility index (Phi) is 3.10. The van der Waals surface area contributed by atoms with Gasteiger partial charge in [-0.05, 0) is 26.3 Å². The van der Waals surface area contributed by atoms with Crippen molar-refractivity contribution in [2.45, 2.75) is 38.4 Å². The van der Waals surface area contributed by atoms with Crippen molar-refractivity contribution in [2.24, 2.45) is 5.73 Å². The average molecular weight is 213 g/mol. The molecule has 4 nitrogen and oxygen atoms in total. The predicted molar refractivity (Wildman–Crippen MR) is 55.2 cm³/mol. The van der Waals surface area contributed by atoms with Gasteiger partial charge in [-0.25, -0.2) is 0 Å². The summed E-state index contributed by atoms with van der Waals surface area (Å²) in [7, 11) is 0. The van der Waals surface area contributed by atoms with Crippen LogP contribution in [0.1, 0.15) is 35.9 Å². The standard InChI is InChI=1S/C9H15N3OS/c1-6-2-3-7(13-6)9-12-11-8(14-9)4-5-10/h6-7H,2-5,10H2,1H3. The van der Waals surface area contributed by atoms with E-state index in [9.17, 15) is 0 Å². The minimum Gasteiger partial charge on any atom is -0.368 e. The molecule has 0 aromatic carbocycles. The molecule has 1 aromatic heterocycles. The molecule has 0 saturated carbocycles. The van der Waals surface area contributed by atoms with Crippen molar-refractivity contribution < 1.29 is 4.74 Å². The Hall–Kier alpha value is -0.520. The lowest BCUT2D eigenvalue weighted by Gasteiger charge is -2.05. The summed E-state index contributed by atoms with van der Waals surface area (Å²) < 4.78 is 5.72. The molecule has 0 aliphatic carbocycles. The fourth-order valence-corrected chi connectivity index (χ4v) is 2.53. The second-order valence-corrected chi connectivity index (χ2v) is 4.68. The maximum Gasteiger partial charge on any atom is 0.146 e. The van der Waals surface area contributed by atoms with Crippen LogP contribution in [0.3, 0.4) is 0 Å². The van der Waals surface area contributed by atoms with E-state index in [1.165, 1.54) is 0 Å². The van der Waals surface area contributed by atoms with Gasteiger partial charge in [-0.2, -0.15) is 0 Å². The quantitative estimate of drug-likeness (QED) is 0.821. The average Bonchev–Trinajstić information content (AvgIpc) is 2.74. The molecule has 1 aliphatic rings. The lowest BCUT2D eigenvalue weighted by molar-refractivity contribution is 0.0550. The summed E-state index contributed by atoms with van der Waals surface area (Å²) in [6.07, 6.45) is 3.55. The van der Waals surface area contributed by atoms with Crippen molar-refractivity contribution in [3.63, 3.8) is 0 Å². The number of hydrogen-bond acceptors (Lipinski definition) is 5. The van der Waals surface area contributed by atoms with Crippen LogP contribution in [0.15, 0.2) is 0 Å². The zero-order chi connectivity index (χ0) is 9.97. The van der Waals surface area contributed by atoms with E-state index in [1.807, 2.05) is 0 Å². The fraction of sp³-hybridized carbons (Fsp3) is 0.778. The molecule has 2 atom stereocenters. The number of rotatable bonds is 3. The van der Waals surface area contributed by atoms with E-state index in [-0.39, 0.29) is 6.10 Å². The van der Waals surface area contributed by atoms with E-state index < -0.39 is 0 Å². The number of hydrogen-bond donors (Lipinski definition) is 1. The molecule has 1 aliphatic heterocycles. The summed E-state index contributed by atoms with van der Waals surface area (Å²) in [5, 5.41) is 10.3. The topological polar surface area (TPSA) is 61.0 Å². The highest BCUT2D eigenvalue weighted by atomic mass is 32.1. The Morgan fingerprint density at radius 3 is 3.00 bits per heavy atom. The Morgan fingerprint density at radius 1 is 1.50 bits per heavy atom. The van der Waals surface area contributed by atoms with Gasteiger partial charge >= 0.3 is 0 Å². The van der Waals surface area contributed by atoms with Gasteiger partial charge in [0.05, 0.1) is 6.10 Å². The molecule has 1 saturated heterocycles. The highest BCUT2D eigenvalue weighted by molar-refractivity contribution is 7.11. The van der Waals surface area contributed by atoms with Crippen molar-refractivity contribution in [3.8, 4) is 0 Å². The summed E-state index contributed by atoms with van der Waals surface area (Å²) in [4.78, 5) is 0. The third-order valence-electron chi connectivity index (χ3n) is 2.35. The SMILES string of the molecule is CC1CCC(c2nnc(CCN)s2)O1. The number of aromatic nitrogens is 2. The Morgan fingerprint density at radius 2 is 2.36 bits per heavy atom. The van der Waals surface area contributed by atoms with E-state index in [1.54, 1.807) is 11.3 Å². The Labute approximate surface area is 87.5 Å². The molecule has 14 heavy (non-hydrogen) atoms. The normalized spacial score (nSPS) is 27.0. The number of ether oxygens (including phenoxy) is 1. The van der Waals surface area contributed by atoms with Gasteiger partial charge in [0.15, 0.2) is 0 Å². The second-order valence-electron chi connectivity index (χ2n) is 3.59. The van der Waals surface area contributed by atoms with Crippen molar-refractivity contribution in [2.75, 3.05) is 6.54 Å². The van der Waals surface area contributed by atoms with E-state index >= 15 is 0 Å². The lowest BCUT2D eigenvalue weighted by atomic mass is 10.2. The van der Waals surface area contributed by atoms with Gasteiger partial charge in [-0.15, -0.1) is 10.2 Å². The van der Waals surface area contributed by atoms with E-state index in [4.69, 9.17) is 10.5 Å². The van der Waals surface area contributed by atoms with Crippen molar-refractivity contribution in [3.05, 3.63) is 10.0 Å². The molecule has 2 rings (SSSR count). The summed E-state index contributed by atoms with van der Waals surface area (Å²) in [5.74, 6) is 0. The minimum atomic E-state index is 0.175. The van der Waals surface area contributed by atoms with Crippen molar-refractivity contribution >= 4 is 11.3 Å². The van der Waals surface area contributed by atoms with Gasteiger partial charge in [0.2, 0.25) is 0 Å². The van der Waals surface area contributed by atoms with Crippen molar-refractivity contribution in [1.82, 2.24) is 10.2 Å². The molecule has 2 heterocycles.